The van der Waals surface area contributed by atoms with E-state index in [2.05, 4.69) is 15.3 Å². The zero-order chi connectivity index (χ0) is 19.9. The molecule has 1 aliphatic heterocycles. The van der Waals surface area contributed by atoms with Crippen molar-refractivity contribution in [2.24, 2.45) is 5.92 Å². The molecule has 0 unspecified atom stereocenters. The number of nitrogens with zero attached hydrogens (tertiary/aromatic N) is 3. The van der Waals surface area contributed by atoms with Crippen molar-refractivity contribution in [1.82, 2.24) is 20.2 Å². The lowest BCUT2D eigenvalue weighted by Crippen LogP contribution is -2.41. The Morgan fingerprint density at radius 1 is 1.25 bits per heavy atom. The predicted octanol–water partition coefficient (Wildman–Crippen LogP) is 2.81. The highest BCUT2D eigenvalue weighted by atomic mass is 35.5. The van der Waals surface area contributed by atoms with Crippen LogP contribution in [0.15, 0.2) is 36.7 Å². The highest BCUT2D eigenvalue weighted by Crippen LogP contribution is 2.19. The number of aromatic nitrogens is 2. The average molecular weight is 403 g/mol. The third-order valence-electron chi connectivity index (χ3n) is 4.70. The molecule has 2 amide bonds. The van der Waals surface area contributed by atoms with E-state index < -0.39 is 0 Å². The van der Waals surface area contributed by atoms with Crippen LogP contribution in [-0.4, -0.2) is 52.9 Å². The van der Waals surface area contributed by atoms with Crippen molar-refractivity contribution in [2.75, 3.05) is 26.2 Å². The molecule has 0 aromatic carbocycles. The monoisotopic (exact) mass is 402 g/mol. The van der Waals surface area contributed by atoms with Gasteiger partial charge in [-0.25, -0.2) is 9.97 Å². The third-order valence-corrected chi connectivity index (χ3v) is 4.92. The Labute approximate surface area is 169 Å². The molecule has 1 fully saturated rings. The van der Waals surface area contributed by atoms with Gasteiger partial charge in [-0.3, -0.25) is 9.59 Å². The van der Waals surface area contributed by atoms with Gasteiger partial charge in [0.15, 0.2) is 0 Å². The van der Waals surface area contributed by atoms with Gasteiger partial charge in [-0.2, -0.15) is 0 Å². The van der Waals surface area contributed by atoms with E-state index >= 15 is 0 Å². The number of ether oxygens (including phenoxy) is 1. The lowest BCUT2D eigenvalue weighted by Gasteiger charge is -2.31. The Morgan fingerprint density at radius 2 is 2.04 bits per heavy atom. The van der Waals surface area contributed by atoms with Gasteiger partial charge < -0.3 is 15.0 Å². The van der Waals surface area contributed by atoms with Crippen molar-refractivity contribution in [3.8, 4) is 5.88 Å². The van der Waals surface area contributed by atoms with Crippen molar-refractivity contribution < 1.29 is 14.3 Å². The predicted molar refractivity (Wildman–Crippen MR) is 106 cm³/mol. The number of pyridine rings is 2. The quantitative estimate of drug-likeness (QED) is 0.803. The lowest BCUT2D eigenvalue weighted by molar-refractivity contribution is 0.0678. The third kappa shape index (κ3) is 4.98. The van der Waals surface area contributed by atoms with Crippen LogP contribution in [0.1, 0.15) is 40.6 Å². The summed E-state index contributed by atoms with van der Waals surface area (Å²) in [5.41, 5.74) is 0.835. The smallest absolute Gasteiger partial charge is 0.272 e. The van der Waals surface area contributed by atoms with Crippen LogP contribution in [0.4, 0.5) is 0 Å². The molecule has 1 saturated heterocycles. The molecule has 8 heteroatoms. The molecular weight excluding hydrogens is 380 g/mol. The molecule has 0 aliphatic carbocycles. The molecule has 28 heavy (non-hydrogen) atoms. The van der Waals surface area contributed by atoms with Crippen molar-refractivity contribution >= 4 is 23.4 Å². The normalized spacial score (nSPS) is 14.6. The van der Waals surface area contributed by atoms with E-state index in [1.54, 1.807) is 35.4 Å². The van der Waals surface area contributed by atoms with E-state index in [0.29, 0.717) is 54.3 Å². The average Bonchev–Trinajstić information content (AvgIpc) is 2.73. The topological polar surface area (TPSA) is 84.4 Å². The Bertz CT molecular complexity index is 820. The van der Waals surface area contributed by atoms with E-state index in [1.165, 1.54) is 6.20 Å². The van der Waals surface area contributed by atoms with Crippen LogP contribution in [0.2, 0.25) is 5.02 Å². The second kappa shape index (κ2) is 9.50. The van der Waals surface area contributed by atoms with Gasteiger partial charge in [0.25, 0.3) is 11.8 Å². The summed E-state index contributed by atoms with van der Waals surface area (Å²) in [6, 6.07) is 6.72. The Balaban J connectivity index is 1.49. The molecule has 1 aliphatic rings. The maximum Gasteiger partial charge on any atom is 0.272 e. The summed E-state index contributed by atoms with van der Waals surface area (Å²) < 4.78 is 5.41. The fourth-order valence-electron chi connectivity index (χ4n) is 3.15. The van der Waals surface area contributed by atoms with Gasteiger partial charge >= 0.3 is 0 Å². The first kappa shape index (κ1) is 20.1. The first-order chi connectivity index (χ1) is 13.6. The molecule has 2 aromatic heterocycles. The molecule has 148 valence electrons. The number of likely N-dealkylation sites (tertiary alicyclic amines) is 1. The highest BCUT2D eigenvalue weighted by molar-refractivity contribution is 6.30. The number of halogens is 1. The molecule has 7 nitrogen and oxygen atoms in total. The number of carbonyl (C=O) groups excluding carboxylic acids is 2. The van der Waals surface area contributed by atoms with Crippen molar-refractivity contribution in [2.45, 2.75) is 19.8 Å². The number of nitrogens with one attached hydrogen (secondary N) is 1. The fourth-order valence-corrected chi connectivity index (χ4v) is 3.26. The van der Waals surface area contributed by atoms with Gasteiger partial charge in [-0.05, 0) is 49.9 Å². The maximum atomic E-state index is 12.5. The number of amides is 2. The summed E-state index contributed by atoms with van der Waals surface area (Å²) in [6.07, 6.45) is 4.73. The minimum atomic E-state index is -0.194. The zero-order valence-corrected chi connectivity index (χ0v) is 16.5. The van der Waals surface area contributed by atoms with Gasteiger partial charge in [0.1, 0.15) is 11.3 Å². The van der Waals surface area contributed by atoms with E-state index in [4.69, 9.17) is 16.3 Å². The van der Waals surface area contributed by atoms with Crippen molar-refractivity contribution in [3.63, 3.8) is 0 Å². The fraction of sp³-hybridized carbons (Fsp3) is 0.400. The van der Waals surface area contributed by atoms with Crippen LogP contribution in [0.3, 0.4) is 0 Å². The van der Waals surface area contributed by atoms with Gasteiger partial charge in [-0.1, -0.05) is 11.6 Å². The van der Waals surface area contributed by atoms with Crippen LogP contribution in [0.25, 0.3) is 0 Å². The minimum absolute atomic E-state index is 0.0872. The number of hydrogen-bond donors (Lipinski definition) is 1. The molecule has 2 aromatic rings. The molecular formula is C20H23ClN4O3. The van der Waals surface area contributed by atoms with Gasteiger partial charge in [0.05, 0.1) is 11.6 Å². The summed E-state index contributed by atoms with van der Waals surface area (Å²) in [5.74, 6) is 0.382. The summed E-state index contributed by atoms with van der Waals surface area (Å²) in [4.78, 5) is 34.9. The Kier molecular flexibility index (Phi) is 6.81. The number of piperidine rings is 1. The Morgan fingerprint density at radius 3 is 2.71 bits per heavy atom. The highest BCUT2D eigenvalue weighted by Gasteiger charge is 2.25. The summed E-state index contributed by atoms with van der Waals surface area (Å²) in [5, 5.41) is 3.47. The van der Waals surface area contributed by atoms with E-state index in [0.717, 1.165) is 12.8 Å². The van der Waals surface area contributed by atoms with Crippen molar-refractivity contribution in [1.29, 1.82) is 0 Å². The number of carbonyl (C=O) groups is 2. The van der Waals surface area contributed by atoms with E-state index in [9.17, 15) is 9.59 Å². The molecule has 1 N–H and O–H groups in total. The molecule has 0 spiro atoms. The van der Waals surface area contributed by atoms with Gasteiger partial charge in [0.2, 0.25) is 5.88 Å². The van der Waals surface area contributed by atoms with E-state index in [1.807, 2.05) is 6.92 Å². The summed E-state index contributed by atoms with van der Waals surface area (Å²) in [7, 11) is 0. The number of rotatable bonds is 6. The zero-order valence-electron chi connectivity index (χ0n) is 15.7. The number of hydrogen-bond acceptors (Lipinski definition) is 5. The first-order valence-corrected chi connectivity index (χ1v) is 9.73. The molecule has 0 atom stereocenters. The lowest BCUT2D eigenvalue weighted by atomic mass is 9.96. The maximum absolute atomic E-state index is 12.5. The SMILES string of the molecule is CCOc1ncccc1C(=O)NCC1CCN(C(=O)c2ccc(Cl)cn2)CC1. The van der Waals surface area contributed by atoms with Crippen LogP contribution in [0, 0.1) is 5.92 Å². The molecule has 3 heterocycles. The van der Waals surface area contributed by atoms with Crippen molar-refractivity contribution in [3.05, 3.63) is 52.9 Å². The Hall–Kier alpha value is -2.67. The van der Waals surface area contributed by atoms with Crippen LogP contribution in [0.5, 0.6) is 5.88 Å². The van der Waals surface area contributed by atoms with E-state index in [-0.39, 0.29) is 11.8 Å². The van der Waals surface area contributed by atoms with Gasteiger partial charge in [0, 0.05) is 32.0 Å². The minimum Gasteiger partial charge on any atom is -0.477 e. The molecule has 0 saturated carbocycles. The van der Waals surface area contributed by atoms with Gasteiger partial charge in [-0.15, -0.1) is 0 Å². The first-order valence-electron chi connectivity index (χ1n) is 9.35. The van der Waals surface area contributed by atoms with Crippen LogP contribution in [-0.2, 0) is 0 Å². The molecule has 3 rings (SSSR count). The molecule has 0 radical (unpaired) electrons. The largest absolute Gasteiger partial charge is 0.477 e. The second-order valence-electron chi connectivity index (χ2n) is 6.60. The second-order valence-corrected chi connectivity index (χ2v) is 7.03. The van der Waals surface area contributed by atoms with Crippen LogP contribution >= 0.6 is 11.6 Å². The summed E-state index contributed by atoms with van der Waals surface area (Å²) in [6.45, 7) is 4.14. The van der Waals surface area contributed by atoms with Crippen LogP contribution < -0.4 is 10.1 Å². The molecule has 0 bridgehead atoms. The summed E-state index contributed by atoms with van der Waals surface area (Å²) >= 11 is 5.82. The standard InChI is InChI=1S/C20H23ClN4O3/c1-2-28-19-16(4-3-9-22-19)18(26)24-12-14-7-10-25(11-8-14)20(27)17-6-5-15(21)13-23-17/h3-6,9,13-14H,2,7-8,10-12H2,1H3,(H,24,26).